The Morgan fingerprint density at radius 1 is 1.25 bits per heavy atom. The first-order valence-corrected chi connectivity index (χ1v) is 8.23. The molecule has 1 aliphatic carbocycles. The minimum Gasteiger partial charge on any atom is -0.489 e. The Bertz CT molecular complexity index is 487. The number of ether oxygens (including phenoxy) is 1. The Hall–Kier alpha value is -1.03. The van der Waals surface area contributed by atoms with Gasteiger partial charge in [0.2, 0.25) is 5.91 Å². The summed E-state index contributed by atoms with van der Waals surface area (Å²) in [5.41, 5.74) is 0. The Kier molecular flexibility index (Phi) is 4.29. The average Bonchev–Trinajstić information content (AvgIpc) is 2.37. The number of rotatable bonds is 3. The van der Waals surface area contributed by atoms with Crippen LogP contribution in [0.4, 0.5) is 0 Å². The molecule has 1 unspecified atom stereocenters. The fourth-order valence-corrected chi connectivity index (χ4v) is 3.26. The van der Waals surface area contributed by atoms with E-state index in [4.69, 9.17) is 4.74 Å². The van der Waals surface area contributed by atoms with Gasteiger partial charge in [0, 0.05) is 16.9 Å². The third-order valence-electron chi connectivity index (χ3n) is 4.24. The van der Waals surface area contributed by atoms with Crippen molar-refractivity contribution in [2.24, 2.45) is 5.92 Å². The molecule has 2 aliphatic rings. The third-order valence-corrected chi connectivity index (χ3v) is 4.74. The summed E-state index contributed by atoms with van der Waals surface area (Å²) in [6.45, 7) is 1.63. The topological polar surface area (TPSA) is 29.5 Å². The van der Waals surface area contributed by atoms with Crippen molar-refractivity contribution < 1.29 is 9.53 Å². The van der Waals surface area contributed by atoms with Gasteiger partial charge in [-0.2, -0.15) is 0 Å². The van der Waals surface area contributed by atoms with Gasteiger partial charge in [-0.15, -0.1) is 0 Å². The molecule has 108 valence electrons. The molecule has 1 heterocycles. The van der Waals surface area contributed by atoms with Gasteiger partial charge in [-0.25, -0.2) is 0 Å². The zero-order valence-electron chi connectivity index (χ0n) is 11.6. The lowest BCUT2D eigenvalue weighted by atomic mass is 9.84. The minimum atomic E-state index is 0.127. The van der Waals surface area contributed by atoms with Crippen LogP contribution in [-0.2, 0) is 4.79 Å². The van der Waals surface area contributed by atoms with Gasteiger partial charge in [0.25, 0.3) is 0 Å². The van der Waals surface area contributed by atoms with Crippen molar-refractivity contribution in [3.63, 3.8) is 0 Å². The second kappa shape index (κ2) is 6.17. The molecule has 2 fully saturated rings. The largest absolute Gasteiger partial charge is 0.489 e. The van der Waals surface area contributed by atoms with Gasteiger partial charge in [-0.3, -0.25) is 4.79 Å². The quantitative estimate of drug-likeness (QED) is 0.842. The number of hydrogen-bond donors (Lipinski definition) is 0. The summed E-state index contributed by atoms with van der Waals surface area (Å²) in [6, 6.07) is 7.91. The highest BCUT2D eigenvalue weighted by Gasteiger charge is 2.32. The normalized spacial score (nSPS) is 23.2. The summed E-state index contributed by atoms with van der Waals surface area (Å²) in [7, 11) is 0. The van der Waals surface area contributed by atoms with E-state index in [0.29, 0.717) is 11.8 Å². The van der Waals surface area contributed by atoms with Crippen LogP contribution in [0.2, 0.25) is 0 Å². The van der Waals surface area contributed by atoms with Crippen LogP contribution in [0.1, 0.15) is 32.1 Å². The molecule has 4 heteroatoms. The van der Waals surface area contributed by atoms with Crippen LogP contribution >= 0.6 is 15.9 Å². The van der Waals surface area contributed by atoms with E-state index >= 15 is 0 Å². The molecule has 0 spiro atoms. The maximum Gasteiger partial charge on any atom is 0.225 e. The van der Waals surface area contributed by atoms with Crippen LogP contribution < -0.4 is 4.74 Å². The molecule has 0 radical (unpaired) electrons. The number of carbonyl (C=O) groups excluding carboxylic acids is 1. The van der Waals surface area contributed by atoms with E-state index in [0.717, 1.165) is 49.0 Å². The second-order valence-electron chi connectivity index (χ2n) is 5.75. The molecule has 0 aromatic heterocycles. The van der Waals surface area contributed by atoms with E-state index in [1.807, 2.05) is 29.2 Å². The Balaban J connectivity index is 1.58. The standard InChI is InChI=1S/C16H20BrNO2/c17-13-6-2-7-14(10-13)20-15-8-3-9-18(11-15)16(19)12-4-1-5-12/h2,6-7,10,12,15H,1,3-5,8-9,11H2. The van der Waals surface area contributed by atoms with Gasteiger partial charge < -0.3 is 9.64 Å². The van der Waals surface area contributed by atoms with E-state index in [-0.39, 0.29) is 6.10 Å². The minimum absolute atomic E-state index is 0.127. The first-order valence-electron chi connectivity index (χ1n) is 7.43. The van der Waals surface area contributed by atoms with Gasteiger partial charge >= 0.3 is 0 Å². The van der Waals surface area contributed by atoms with Gasteiger partial charge in [-0.1, -0.05) is 28.4 Å². The highest BCUT2D eigenvalue weighted by molar-refractivity contribution is 9.10. The van der Waals surface area contributed by atoms with E-state index in [2.05, 4.69) is 15.9 Å². The molecule has 1 amide bonds. The van der Waals surface area contributed by atoms with Crippen LogP contribution in [0, 0.1) is 5.92 Å². The number of benzene rings is 1. The molecule has 0 N–H and O–H groups in total. The Morgan fingerprint density at radius 2 is 2.10 bits per heavy atom. The lowest BCUT2D eigenvalue weighted by Crippen LogP contribution is -2.47. The predicted octanol–water partition coefficient (Wildman–Crippen LogP) is 3.62. The summed E-state index contributed by atoms with van der Waals surface area (Å²) in [5.74, 6) is 1.51. The summed E-state index contributed by atoms with van der Waals surface area (Å²) >= 11 is 3.45. The highest BCUT2D eigenvalue weighted by atomic mass is 79.9. The van der Waals surface area contributed by atoms with Crippen molar-refractivity contribution in [2.75, 3.05) is 13.1 Å². The summed E-state index contributed by atoms with van der Waals surface area (Å²) in [5, 5.41) is 0. The zero-order valence-corrected chi connectivity index (χ0v) is 13.1. The van der Waals surface area contributed by atoms with Crippen molar-refractivity contribution in [3.05, 3.63) is 28.7 Å². The molecule has 1 aliphatic heterocycles. The fourth-order valence-electron chi connectivity index (χ4n) is 2.88. The molecule has 3 rings (SSSR count). The van der Waals surface area contributed by atoms with Crippen molar-refractivity contribution >= 4 is 21.8 Å². The first-order chi connectivity index (χ1) is 9.72. The van der Waals surface area contributed by atoms with Gasteiger partial charge in [0.15, 0.2) is 0 Å². The molecule has 1 saturated heterocycles. The lowest BCUT2D eigenvalue weighted by Gasteiger charge is -2.37. The SMILES string of the molecule is O=C(C1CCC1)N1CCCC(Oc2cccc(Br)c2)C1. The molecule has 3 nitrogen and oxygen atoms in total. The van der Waals surface area contributed by atoms with Crippen molar-refractivity contribution in [3.8, 4) is 5.75 Å². The summed E-state index contributed by atoms with van der Waals surface area (Å²) < 4.78 is 7.05. The molecule has 1 saturated carbocycles. The van der Waals surface area contributed by atoms with E-state index in [9.17, 15) is 4.79 Å². The predicted molar refractivity (Wildman–Crippen MR) is 81.7 cm³/mol. The van der Waals surface area contributed by atoms with Gasteiger partial charge in [0.05, 0.1) is 6.54 Å². The van der Waals surface area contributed by atoms with Crippen LogP contribution in [-0.4, -0.2) is 30.0 Å². The summed E-state index contributed by atoms with van der Waals surface area (Å²) in [4.78, 5) is 14.3. The van der Waals surface area contributed by atoms with Gasteiger partial charge in [0.1, 0.15) is 11.9 Å². The van der Waals surface area contributed by atoms with Crippen LogP contribution in [0.3, 0.4) is 0 Å². The molecular weight excluding hydrogens is 318 g/mol. The second-order valence-corrected chi connectivity index (χ2v) is 6.67. The highest BCUT2D eigenvalue weighted by Crippen LogP contribution is 2.30. The summed E-state index contributed by atoms with van der Waals surface area (Å²) in [6.07, 6.45) is 5.56. The van der Waals surface area contributed by atoms with Crippen molar-refractivity contribution in [2.45, 2.75) is 38.2 Å². The maximum absolute atomic E-state index is 12.3. The van der Waals surface area contributed by atoms with E-state index in [1.165, 1.54) is 6.42 Å². The molecule has 0 bridgehead atoms. The smallest absolute Gasteiger partial charge is 0.225 e. The Labute approximate surface area is 128 Å². The number of nitrogens with zero attached hydrogens (tertiary/aromatic N) is 1. The molecule has 1 aromatic carbocycles. The number of likely N-dealkylation sites (tertiary alicyclic amines) is 1. The molecule has 1 aromatic rings. The number of piperidine rings is 1. The van der Waals surface area contributed by atoms with Crippen LogP contribution in [0.5, 0.6) is 5.75 Å². The zero-order chi connectivity index (χ0) is 13.9. The van der Waals surface area contributed by atoms with Crippen molar-refractivity contribution in [1.82, 2.24) is 4.90 Å². The lowest BCUT2D eigenvalue weighted by molar-refractivity contribution is -0.140. The van der Waals surface area contributed by atoms with Gasteiger partial charge in [-0.05, 0) is 43.9 Å². The number of carbonyl (C=O) groups is 1. The Morgan fingerprint density at radius 3 is 2.80 bits per heavy atom. The molecule has 20 heavy (non-hydrogen) atoms. The fraction of sp³-hybridized carbons (Fsp3) is 0.562. The molecule has 1 atom stereocenters. The number of amides is 1. The number of hydrogen-bond acceptors (Lipinski definition) is 2. The maximum atomic E-state index is 12.3. The average molecular weight is 338 g/mol. The van der Waals surface area contributed by atoms with E-state index in [1.54, 1.807) is 0 Å². The first kappa shape index (κ1) is 13.9. The monoisotopic (exact) mass is 337 g/mol. The third kappa shape index (κ3) is 3.17. The van der Waals surface area contributed by atoms with Crippen LogP contribution in [0.15, 0.2) is 28.7 Å². The van der Waals surface area contributed by atoms with E-state index < -0.39 is 0 Å². The number of halogens is 1. The molecular formula is C16H20BrNO2. The van der Waals surface area contributed by atoms with Crippen molar-refractivity contribution in [1.29, 1.82) is 0 Å². The van der Waals surface area contributed by atoms with Crippen LogP contribution in [0.25, 0.3) is 0 Å².